The van der Waals surface area contributed by atoms with Gasteiger partial charge in [-0.3, -0.25) is 9.59 Å². The van der Waals surface area contributed by atoms with Gasteiger partial charge in [-0.05, 0) is 31.2 Å². The number of aromatic nitrogens is 1. The number of hydrogen-bond acceptors (Lipinski definition) is 2. The Morgan fingerprint density at radius 2 is 1.58 bits per heavy atom. The number of pyridine rings is 1. The molecule has 0 amide bonds. The molecule has 19 heavy (non-hydrogen) atoms. The Balaban J connectivity index is 2.10. The van der Waals surface area contributed by atoms with Crippen LogP contribution in [-0.2, 0) is 6.54 Å². The Morgan fingerprint density at radius 1 is 1.00 bits per heavy atom. The highest BCUT2D eigenvalue weighted by atomic mass is 35.5. The lowest BCUT2D eigenvalue weighted by atomic mass is 10.1. The zero-order valence-electron chi connectivity index (χ0n) is 10.5. The van der Waals surface area contributed by atoms with E-state index in [0.29, 0.717) is 16.1 Å². The third-order valence-electron chi connectivity index (χ3n) is 2.79. The molecule has 0 atom stereocenters. The molecule has 0 aliphatic heterocycles. The van der Waals surface area contributed by atoms with Crippen LogP contribution >= 0.6 is 11.6 Å². The van der Waals surface area contributed by atoms with Gasteiger partial charge in [0.05, 0.1) is 0 Å². The highest BCUT2D eigenvalue weighted by Crippen LogP contribution is 2.10. The number of nitrogens with zero attached hydrogens (tertiary/aromatic N) is 1. The summed E-state index contributed by atoms with van der Waals surface area (Å²) in [6.07, 6.45) is 3.45. The van der Waals surface area contributed by atoms with Crippen LogP contribution in [0.2, 0.25) is 5.02 Å². The van der Waals surface area contributed by atoms with Crippen LogP contribution in [0.1, 0.15) is 27.6 Å². The second-order valence-electron chi connectivity index (χ2n) is 4.25. The van der Waals surface area contributed by atoms with Gasteiger partial charge in [-0.15, -0.1) is 0 Å². The molecule has 3 nitrogen and oxygen atoms in total. The van der Waals surface area contributed by atoms with E-state index in [2.05, 4.69) is 0 Å². The highest BCUT2D eigenvalue weighted by molar-refractivity contribution is 6.30. The van der Waals surface area contributed by atoms with Gasteiger partial charge in [0.15, 0.2) is 18.2 Å². The van der Waals surface area contributed by atoms with Gasteiger partial charge in [-0.2, -0.15) is 4.57 Å². The summed E-state index contributed by atoms with van der Waals surface area (Å²) >= 11 is 5.78. The number of rotatable bonds is 4. The molecule has 2 aromatic rings. The Morgan fingerprint density at radius 3 is 2.11 bits per heavy atom. The summed E-state index contributed by atoms with van der Waals surface area (Å²) < 4.78 is 1.74. The minimum Gasteiger partial charge on any atom is -0.295 e. The summed E-state index contributed by atoms with van der Waals surface area (Å²) in [7, 11) is 0. The van der Waals surface area contributed by atoms with Crippen LogP contribution in [0.25, 0.3) is 0 Å². The minimum absolute atomic E-state index is 0.00255. The molecule has 96 valence electrons. The van der Waals surface area contributed by atoms with Gasteiger partial charge in [-0.25, -0.2) is 0 Å². The van der Waals surface area contributed by atoms with Crippen LogP contribution in [-0.4, -0.2) is 11.6 Å². The van der Waals surface area contributed by atoms with Crippen LogP contribution in [0.4, 0.5) is 0 Å². The first-order valence-corrected chi connectivity index (χ1v) is 6.23. The molecule has 0 aliphatic rings. The maximum absolute atomic E-state index is 12.0. The number of carbonyl (C=O) groups excluding carboxylic acids is 2. The summed E-state index contributed by atoms with van der Waals surface area (Å²) in [5.41, 5.74) is 1.25. The number of Topliss-reactive ketones (excluding diaryl/α,β-unsaturated/α-hetero) is 2. The molecule has 0 radical (unpaired) electrons. The number of benzene rings is 1. The maximum Gasteiger partial charge on any atom is 0.227 e. The van der Waals surface area contributed by atoms with Gasteiger partial charge in [-0.1, -0.05) is 11.6 Å². The summed E-state index contributed by atoms with van der Waals surface area (Å²) in [6.45, 7) is 1.75. The fourth-order valence-corrected chi connectivity index (χ4v) is 1.82. The summed E-state index contributed by atoms with van der Waals surface area (Å²) in [5.74, 6) is 0.00780. The molecule has 4 heteroatoms. The number of halogens is 1. The number of ketones is 2. The maximum atomic E-state index is 12.0. The van der Waals surface area contributed by atoms with Gasteiger partial charge >= 0.3 is 0 Å². The quantitative estimate of drug-likeness (QED) is 0.635. The van der Waals surface area contributed by atoms with E-state index in [1.54, 1.807) is 53.4 Å². The van der Waals surface area contributed by atoms with E-state index in [1.165, 1.54) is 6.92 Å². The van der Waals surface area contributed by atoms with E-state index < -0.39 is 0 Å². The standard InChI is InChI=1S/C15H13ClNO2/c1-11(18)12-6-8-17(9-7-12)10-15(19)13-2-4-14(16)5-3-13/h2-9H,10H2,1H3/q+1. The van der Waals surface area contributed by atoms with E-state index >= 15 is 0 Å². The third kappa shape index (κ3) is 3.48. The molecule has 0 spiro atoms. The predicted octanol–water partition coefficient (Wildman–Crippen LogP) is 2.71. The van der Waals surface area contributed by atoms with Crippen LogP contribution in [0.3, 0.4) is 0 Å². The zero-order valence-corrected chi connectivity index (χ0v) is 11.2. The normalized spacial score (nSPS) is 10.2. The molecule has 2 rings (SSSR count). The predicted molar refractivity (Wildman–Crippen MR) is 72.4 cm³/mol. The first kappa shape index (κ1) is 13.4. The lowest BCUT2D eigenvalue weighted by Gasteiger charge is -1.99. The SMILES string of the molecule is CC(=O)c1cc[n+](CC(=O)c2ccc(Cl)cc2)cc1. The molecule has 1 aromatic carbocycles. The average Bonchev–Trinajstić information content (AvgIpc) is 2.40. The molecule has 0 aliphatic carbocycles. The minimum atomic E-state index is -0.00255. The first-order chi connectivity index (χ1) is 9.06. The van der Waals surface area contributed by atoms with E-state index in [1.807, 2.05) is 0 Å². The van der Waals surface area contributed by atoms with E-state index in [4.69, 9.17) is 11.6 Å². The summed E-state index contributed by atoms with van der Waals surface area (Å²) in [5, 5.41) is 0.606. The number of hydrogen-bond donors (Lipinski definition) is 0. The van der Waals surface area contributed by atoms with E-state index in [0.717, 1.165) is 0 Å². The molecule has 1 aromatic heterocycles. The van der Waals surface area contributed by atoms with Crippen LogP contribution in [0, 0.1) is 0 Å². The monoisotopic (exact) mass is 274 g/mol. The molecule has 1 heterocycles. The van der Waals surface area contributed by atoms with Crippen molar-refractivity contribution in [3.63, 3.8) is 0 Å². The number of carbonyl (C=O) groups is 2. The highest BCUT2D eigenvalue weighted by Gasteiger charge is 2.12. The van der Waals surface area contributed by atoms with Crippen molar-refractivity contribution in [3.05, 3.63) is 64.9 Å². The Kier molecular flexibility index (Phi) is 4.07. The molecular weight excluding hydrogens is 262 g/mol. The Labute approximate surface area is 116 Å². The molecule has 0 unspecified atom stereocenters. The summed E-state index contributed by atoms with van der Waals surface area (Å²) in [4.78, 5) is 23.2. The van der Waals surface area contributed by atoms with Crippen molar-refractivity contribution in [1.82, 2.24) is 0 Å². The van der Waals surface area contributed by atoms with Crippen molar-refractivity contribution in [2.45, 2.75) is 13.5 Å². The molecule has 0 bridgehead atoms. The molecular formula is C15H13ClNO2+. The van der Waals surface area contributed by atoms with Gasteiger partial charge in [0.25, 0.3) is 0 Å². The van der Waals surface area contributed by atoms with Crippen LogP contribution in [0.5, 0.6) is 0 Å². The second kappa shape index (κ2) is 5.76. The zero-order chi connectivity index (χ0) is 13.8. The second-order valence-corrected chi connectivity index (χ2v) is 4.68. The fourth-order valence-electron chi connectivity index (χ4n) is 1.69. The smallest absolute Gasteiger partial charge is 0.227 e. The van der Waals surface area contributed by atoms with Gasteiger partial charge in [0, 0.05) is 28.3 Å². The lowest BCUT2D eigenvalue weighted by Crippen LogP contribution is -2.37. The molecule has 0 fully saturated rings. The van der Waals surface area contributed by atoms with Crippen molar-refractivity contribution < 1.29 is 14.2 Å². The van der Waals surface area contributed by atoms with Crippen molar-refractivity contribution in [1.29, 1.82) is 0 Å². The fraction of sp³-hybridized carbons (Fsp3) is 0.133. The lowest BCUT2D eigenvalue weighted by molar-refractivity contribution is -0.683. The Bertz CT molecular complexity index is 603. The van der Waals surface area contributed by atoms with Gasteiger partial charge in [0.1, 0.15) is 0 Å². The third-order valence-corrected chi connectivity index (χ3v) is 3.04. The Hall–Kier alpha value is -2.00. The average molecular weight is 275 g/mol. The van der Waals surface area contributed by atoms with Gasteiger partial charge < -0.3 is 0 Å². The summed E-state index contributed by atoms with van der Waals surface area (Å²) in [6, 6.07) is 10.2. The molecule has 0 saturated carbocycles. The van der Waals surface area contributed by atoms with Crippen LogP contribution < -0.4 is 4.57 Å². The van der Waals surface area contributed by atoms with Crippen molar-refractivity contribution in [3.8, 4) is 0 Å². The molecule has 0 N–H and O–H groups in total. The van der Waals surface area contributed by atoms with Crippen molar-refractivity contribution in [2.75, 3.05) is 0 Å². The van der Waals surface area contributed by atoms with Crippen LogP contribution in [0.15, 0.2) is 48.8 Å². The van der Waals surface area contributed by atoms with Crippen molar-refractivity contribution >= 4 is 23.2 Å². The van der Waals surface area contributed by atoms with E-state index in [-0.39, 0.29) is 18.1 Å². The van der Waals surface area contributed by atoms with Crippen molar-refractivity contribution in [2.24, 2.45) is 0 Å². The van der Waals surface area contributed by atoms with E-state index in [9.17, 15) is 9.59 Å². The topological polar surface area (TPSA) is 38.0 Å². The molecule has 0 saturated heterocycles. The first-order valence-electron chi connectivity index (χ1n) is 5.85. The van der Waals surface area contributed by atoms with Gasteiger partial charge in [0.2, 0.25) is 12.3 Å². The largest absolute Gasteiger partial charge is 0.295 e.